The molecule has 4 aromatic rings. The zero-order valence-corrected chi connectivity index (χ0v) is 21.1. The Kier molecular flexibility index (Phi) is 4.41. The molecule has 0 radical (unpaired) electrons. The molecule has 4 aliphatic rings. The lowest BCUT2D eigenvalue weighted by atomic mass is 10.1. The predicted octanol–water partition coefficient (Wildman–Crippen LogP) is 4.14. The number of anilines is 1. The molecule has 1 saturated heterocycles. The quantitative estimate of drug-likeness (QED) is 0.432. The second-order valence-corrected chi connectivity index (χ2v) is 11.5. The molecule has 192 valence electrons. The normalized spacial score (nSPS) is 25.8. The molecule has 2 aliphatic carbocycles. The van der Waals surface area contributed by atoms with E-state index in [0.717, 1.165) is 41.7 Å². The number of likely N-dealkylation sites (tertiary alicyclic amines) is 1. The van der Waals surface area contributed by atoms with Gasteiger partial charge in [-0.15, -0.1) is 0 Å². The van der Waals surface area contributed by atoms with Crippen molar-refractivity contribution in [2.45, 2.75) is 43.8 Å². The molecule has 9 heteroatoms. The van der Waals surface area contributed by atoms with Gasteiger partial charge in [0.05, 0.1) is 40.1 Å². The average molecular weight is 510 g/mol. The molecular formula is C29H28FN7O. The van der Waals surface area contributed by atoms with Crippen molar-refractivity contribution in [3.05, 3.63) is 47.3 Å². The first-order valence-electron chi connectivity index (χ1n) is 13.5. The van der Waals surface area contributed by atoms with E-state index in [-0.39, 0.29) is 24.0 Å². The highest BCUT2D eigenvalue weighted by molar-refractivity contribution is 6.00. The molecular weight excluding hydrogens is 481 g/mol. The van der Waals surface area contributed by atoms with Crippen molar-refractivity contribution in [2.75, 3.05) is 18.4 Å². The summed E-state index contributed by atoms with van der Waals surface area (Å²) in [7, 11) is 1.83. The minimum Gasteiger partial charge on any atom is -0.381 e. The number of aromatic nitrogens is 3. The molecule has 0 spiro atoms. The van der Waals surface area contributed by atoms with Gasteiger partial charge in [0.1, 0.15) is 11.3 Å². The number of imidazole rings is 1. The molecule has 38 heavy (non-hydrogen) atoms. The standard InChI is InChI=1S/C29H28FN7O/c1-35-27-19(30)8-18(29(38)36-13-16-4-5-22(36)25(16)32)9-21(27)34-28(35)23-10-17-6-14(11-31)7-20-26(17)37(23)24(12-33-20)15-2-3-15/h6-10,15-16,22,24-25,33H,2-5,12-13,32H2,1H3/t16-,22-,24-,25-/m1/s1. The summed E-state index contributed by atoms with van der Waals surface area (Å²) in [5, 5.41) is 14.1. The summed E-state index contributed by atoms with van der Waals surface area (Å²) in [4.78, 5) is 20.2. The highest BCUT2D eigenvalue weighted by atomic mass is 19.1. The van der Waals surface area contributed by atoms with E-state index in [1.165, 1.54) is 18.9 Å². The molecule has 4 heterocycles. The van der Waals surface area contributed by atoms with Crippen molar-refractivity contribution >= 4 is 33.5 Å². The fourth-order valence-electron chi connectivity index (χ4n) is 7.35. The molecule has 8 rings (SSSR count). The van der Waals surface area contributed by atoms with Gasteiger partial charge in [-0.2, -0.15) is 5.26 Å². The summed E-state index contributed by atoms with van der Waals surface area (Å²) in [6.07, 6.45) is 4.33. The molecule has 3 fully saturated rings. The second kappa shape index (κ2) is 7.58. The van der Waals surface area contributed by atoms with Crippen molar-refractivity contribution in [3.63, 3.8) is 0 Å². The number of aryl methyl sites for hydroxylation is 1. The zero-order chi connectivity index (χ0) is 25.9. The third-order valence-corrected chi connectivity index (χ3v) is 9.37. The number of carbonyl (C=O) groups excluding carboxylic acids is 1. The Bertz CT molecular complexity index is 1720. The van der Waals surface area contributed by atoms with Gasteiger partial charge in [-0.05, 0) is 67.9 Å². The maximum absolute atomic E-state index is 15.6. The summed E-state index contributed by atoms with van der Waals surface area (Å²) < 4.78 is 19.7. The van der Waals surface area contributed by atoms with Crippen LogP contribution in [0.3, 0.4) is 0 Å². The van der Waals surface area contributed by atoms with Crippen LogP contribution >= 0.6 is 0 Å². The second-order valence-electron chi connectivity index (χ2n) is 11.5. The van der Waals surface area contributed by atoms with Gasteiger partial charge >= 0.3 is 0 Å². The topological polar surface area (TPSA) is 105 Å². The summed E-state index contributed by atoms with van der Waals surface area (Å²) in [5.74, 6) is 0.943. The van der Waals surface area contributed by atoms with E-state index in [2.05, 4.69) is 22.0 Å². The molecule has 1 amide bonds. The number of benzene rings is 2. The Morgan fingerprint density at radius 3 is 2.63 bits per heavy atom. The number of nitrogens with zero attached hydrogens (tertiary/aromatic N) is 5. The van der Waals surface area contributed by atoms with Crippen LogP contribution in [0.5, 0.6) is 0 Å². The number of amides is 1. The Balaban J connectivity index is 1.28. The largest absolute Gasteiger partial charge is 0.381 e. The Labute approximate surface area is 218 Å². The van der Waals surface area contributed by atoms with Crippen LogP contribution in [0.4, 0.5) is 10.1 Å². The van der Waals surface area contributed by atoms with E-state index >= 15 is 4.39 Å². The van der Waals surface area contributed by atoms with Crippen LogP contribution in [0.25, 0.3) is 33.5 Å². The number of nitrogens with two attached hydrogens (primary N) is 1. The highest BCUT2D eigenvalue weighted by Crippen LogP contribution is 2.48. The van der Waals surface area contributed by atoms with Crippen molar-refractivity contribution in [1.29, 1.82) is 5.26 Å². The lowest BCUT2D eigenvalue weighted by molar-refractivity contribution is 0.0700. The number of nitrogens with one attached hydrogen (secondary N) is 1. The van der Waals surface area contributed by atoms with Crippen molar-refractivity contribution in [1.82, 2.24) is 19.0 Å². The van der Waals surface area contributed by atoms with Gasteiger partial charge in [0.15, 0.2) is 5.82 Å². The van der Waals surface area contributed by atoms with Gasteiger partial charge in [0.2, 0.25) is 0 Å². The van der Waals surface area contributed by atoms with Crippen LogP contribution < -0.4 is 11.1 Å². The first-order chi connectivity index (χ1) is 18.4. The third-order valence-electron chi connectivity index (χ3n) is 9.37. The van der Waals surface area contributed by atoms with Crippen LogP contribution in [0.1, 0.15) is 47.6 Å². The number of piperidine rings is 1. The minimum atomic E-state index is -0.455. The molecule has 4 atom stereocenters. The summed E-state index contributed by atoms with van der Waals surface area (Å²) >= 11 is 0. The molecule has 2 aromatic carbocycles. The number of hydrogen-bond acceptors (Lipinski definition) is 5. The lowest BCUT2D eigenvalue weighted by Gasteiger charge is -2.29. The van der Waals surface area contributed by atoms with Crippen LogP contribution in [0.2, 0.25) is 0 Å². The smallest absolute Gasteiger partial charge is 0.254 e. The average Bonchev–Trinajstić information content (AvgIpc) is 3.37. The van der Waals surface area contributed by atoms with Gasteiger partial charge in [-0.3, -0.25) is 4.79 Å². The van der Waals surface area contributed by atoms with E-state index in [9.17, 15) is 10.1 Å². The van der Waals surface area contributed by atoms with Gasteiger partial charge < -0.3 is 25.1 Å². The molecule has 3 N–H and O–H groups in total. The lowest BCUT2D eigenvalue weighted by Crippen LogP contribution is -2.41. The van der Waals surface area contributed by atoms with E-state index in [1.54, 1.807) is 10.6 Å². The molecule has 8 nitrogen and oxygen atoms in total. The van der Waals surface area contributed by atoms with Crippen LogP contribution in [0.15, 0.2) is 30.3 Å². The summed E-state index contributed by atoms with van der Waals surface area (Å²) in [6.45, 7) is 1.42. The number of fused-ring (bicyclic) bond motifs is 3. The number of nitriles is 1. The molecule has 0 unspecified atom stereocenters. The van der Waals surface area contributed by atoms with Crippen molar-refractivity contribution in [2.24, 2.45) is 24.6 Å². The van der Waals surface area contributed by atoms with Crippen molar-refractivity contribution in [3.8, 4) is 17.6 Å². The monoisotopic (exact) mass is 509 g/mol. The Morgan fingerprint density at radius 1 is 1.11 bits per heavy atom. The van der Waals surface area contributed by atoms with Gasteiger partial charge in [0.25, 0.3) is 5.91 Å². The van der Waals surface area contributed by atoms with E-state index in [1.807, 2.05) is 24.1 Å². The van der Waals surface area contributed by atoms with Crippen LogP contribution in [0, 0.1) is 29.0 Å². The van der Waals surface area contributed by atoms with E-state index in [4.69, 9.17) is 10.7 Å². The predicted molar refractivity (Wildman–Crippen MR) is 142 cm³/mol. The maximum Gasteiger partial charge on any atom is 0.254 e. The van der Waals surface area contributed by atoms with Crippen molar-refractivity contribution < 1.29 is 9.18 Å². The van der Waals surface area contributed by atoms with E-state index in [0.29, 0.717) is 46.4 Å². The third kappa shape index (κ3) is 2.92. The van der Waals surface area contributed by atoms with Crippen LogP contribution in [-0.2, 0) is 7.05 Å². The molecule has 2 aromatic heterocycles. The minimum absolute atomic E-state index is 0.00908. The van der Waals surface area contributed by atoms with E-state index < -0.39 is 5.82 Å². The Hall–Kier alpha value is -3.90. The first kappa shape index (κ1) is 22.1. The molecule has 2 aliphatic heterocycles. The number of rotatable bonds is 3. The van der Waals surface area contributed by atoms with Gasteiger partial charge in [0, 0.05) is 43.2 Å². The first-order valence-corrected chi connectivity index (χ1v) is 13.5. The molecule has 2 saturated carbocycles. The maximum atomic E-state index is 15.6. The number of halogens is 1. The zero-order valence-electron chi connectivity index (χ0n) is 21.1. The fourth-order valence-corrected chi connectivity index (χ4v) is 7.35. The van der Waals surface area contributed by atoms with Gasteiger partial charge in [-0.1, -0.05) is 0 Å². The Morgan fingerprint density at radius 2 is 1.92 bits per heavy atom. The van der Waals surface area contributed by atoms with Gasteiger partial charge in [-0.25, -0.2) is 9.37 Å². The van der Waals surface area contributed by atoms with Crippen LogP contribution in [-0.4, -0.2) is 50.1 Å². The summed E-state index contributed by atoms with van der Waals surface area (Å²) in [6, 6.07) is 11.5. The summed E-state index contributed by atoms with van der Waals surface area (Å²) in [5.41, 5.74) is 11.0. The molecule has 2 bridgehead atoms. The number of hydrogen-bond donors (Lipinski definition) is 2. The fraction of sp³-hybridized carbons (Fsp3) is 0.414. The SMILES string of the molecule is Cn1c(-c2cc3cc(C#N)cc4c3n2[C@@H](C2CC2)CN4)nc2cc(C(=O)N3C[C@H]4CC[C@@H]3[C@@H]4N)cc(F)c21. The highest BCUT2D eigenvalue weighted by Gasteiger charge is 2.47. The number of carbonyl (C=O) groups is 1.